The molecule has 0 bridgehead atoms. The van der Waals surface area contributed by atoms with Gasteiger partial charge in [-0.25, -0.2) is 0 Å². The number of hydrogen-bond acceptors (Lipinski definition) is 7. The number of carbonyl (C=O) groups excluding carboxylic acids is 3. The van der Waals surface area contributed by atoms with Gasteiger partial charge in [0, 0.05) is 22.9 Å². The topological polar surface area (TPSA) is 166 Å². The lowest BCUT2D eigenvalue weighted by Gasteiger charge is -2.24. The van der Waals surface area contributed by atoms with Crippen molar-refractivity contribution in [1.29, 1.82) is 0 Å². The first-order chi connectivity index (χ1) is 16.2. The second kappa shape index (κ2) is 13.3. The van der Waals surface area contributed by atoms with Crippen LogP contribution in [0.15, 0.2) is 30.5 Å². The van der Waals surface area contributed by atoms with Crippen molar-refractivity contribution in [1.82, 2.24) is 20.9 Å². The van der Waals surface area contributed by atoms with Crippen LogP contribution in [0.2, 0.25) is 0 Å². The summed E-state index contributed by atoms with van der Waals surface area (Å²) < 4.78 is 0. The molecule has 34 heavy (non-hydrogen) atoms. The van der Waals surface area contributed by atoms with Gasteiger partial charge in [0.15, 0.2) is 0 Å². The molecule has 0 radical (unpaired) electrons. The van der Waals surface area contributed by atoms with Crippen LogP contribution in [-0.4, -0.2) is 75.7 Å². The van der Waals surface area contributed by atoms with Crippen molar-refractivity contribution in [2.75, 3.05) is 17.8 Å². The molecule has 186 valence electrons. The first-order valence-corrected chi connectivity index (χ1v) is 12.7. The summed E-state index contributed by atoms with van der Waals surface area (Å²) in [5.41, 5.74) is 7.91. The molecule has 2 aromatic rings. The number of aromatic nitrogens is 1. The third-order valence-electron chi connectivity index (χ3n) is 5.24. The number of para-hydroxylation sites is 1. The maximum Gasteiger partial charge on any atom is 0.325 e. The highest BCUT2D eigenvalue weighted by atomic mass is 32.2. The molecule has 0 spiro atoms. The second-order valence-corrected chi connectivity index (χ2v) is 9.18. The minimum absolute atomic E-state index is 0.0141. The SMILES string of the molecule is CSCCC(NC(=O)C(CS)NC(=O)C(N)Cc1c[nH]c2ccccc12)C(=O)NC(C)C(=O)O. The van der Waals surface area contributed by atoms with Crippen molar-refractivity contribution in [3.05, 3.63) is 36.0 Å². The Balaban J connectivity index is 2.00. The predicted octanol–water partition coefficient (Wildman–Crippen LogP) is 0.280. The summed E-state index contributed by atoms with van der Waals surface area (Å²) in [4.78, 5) is 52.2. The van der Waals surface area contributed by atoms with E-state index in [0.29, 0.717) is 12.2 Å². The lowest BCUT2D eigenvalue weighted by Crippen LogP contribution is -2.57. The maximum atomic E-state index is 12.8. The zero-order chi connectivity index (χ0) is 25.3. The van der Waals surface area contributed by atoms with Crippen molar-refractivity contribution < 1.29 is 24.3 Å². The third kappa shape index (κ3) is 7.67. The number of fused-ring (bicyclic) bond motifs is 1. The van der Waals surface area contributed by atoms with Gasteiger partial charge in [-0.1, -0.05) is 18.2 Å². The number of aromatic amines is 1. The molecule has 10 nitrogen and oxygen atoms in total. The van der Waals surface area contributed by atoms with Gasteiger partial charge in [0.1, 0.15) is 18.1 Å². The van der Waals surface area contributed by atoms with Crippen molar-refractivity contribution in [2.24, 2.45) is 5.73 Å². The van der Waals surface area contributed by atoms with Crippen LogP contribution in [0.1, 0.15) is 18.9 Å². The Kier molecular flexibility index (Phi) is 10.7. The molecule has 0 fully saturated rings. The molecule has 0 aliphatic heterocycles. The Bertz CT molecular complexity index is 1010. The molecule has 1 aromatic carbocycles. The summed E-state index contributed by atoms with van der Waals surface area (Å²) in [7, 11) is 0. The van der Waals surface area contributed by atoms with Gasteiger partial charge >= 0.3 is 5.97 Å². The van der Waals surface area contributed by atoms with E-state index in [4.69, 9.17) is 10.8 Å². The predicted molar refractivity (Wildman–Crippen MR) is 136 cm³/mol. The molecule has 0 saturated heterocycles. The third-order valence-corrected chi connectivity index (χ3v) is 6.25. The van der Waals surface area contributed by atoms with Crippen molar-refractivity contribution >= 4 is 59.0 Å². The number of nitrogens with two attached hydrogens (primary N) is 1. The Morgan fingerprint density at radius 2 is 1.74 bits per heavy atom. The Morgan fingerprint density at radius 3 is 2.38 bits per heavy atom. The van der Waals surface area contributed by atoms with Crippen LogP contribution in [-0.2, 0) is 25.6 Å². The van der Waals surface area contributed by atoms with E-state index in [2.05, 4.69) is 33.6 Å². The molecular formula is C22H31N5O5S2. The van der Waals surface area contributed by atoms with Crippen molar-refractivity contribution in [3.8, 4) is 0 Å². The molecule has 1 aromatic heterocycles. The molecule has 7 N–H and O–H groups in total. The number of nitrogens with one attached hydrogen (secondary N) is 4. The standard InChI is InChI=1S/C22H31N5O5S2/c1-12(22(31)32)25-20(29)17(7-8-34-2)26-21(30)18(11-33)27-19(28)15(23)9-13-10-24-16-6-4-3-5-14(13)16/h3-6,10,12,15,17-18,24,33H,7-9,11,23H2,1-2H3,(H,25,29)(H,26,30)(H,27,28)(H,31,32). The zero-order valence-electron chi connectivity index (χ0n) is 19.0. The maximum absolute atomic E-state index is 12.8. The molecule has 2 rings (SSSR count). The number of carboxylic acid groups (broad SMARTS) is 1. The number of benzene rings is 1. The number of rotatable bonds is 13. The van der Waals surface area contributed by atoms with Gasteiger partial charge in [0.2, 0.25) is 17.7 Å². The average molecular weight is 510 g/mol. The average Bonchev–Trinajstić information content (AvgIpc) is 3.22. The smallest absolute Gasteiger partial charge is 0.325 e. The largest absolute Gasteiger partial charge is 0.480 e. The number of carbonyl (C=O) groups is 4. The Morgan fingerprint density at radius 1 is 1.09 bits per heavy atom. The van der Waals surface area contributed by atoms with Gasteiger partial charge in [-0.15, -0.1) is 0 Å². The van der Waals surface area contributed by atoms with Crippen LogP contribution < -0.4 is 21.7 Å². The zero-order valence-corrected chi connectivity index (χ0v) is 20.7. The normalized spacial score (nSPS) is 14.6. The van der Waals surface area contributed by atoms with Gasteiger partial charge < -0.3 is 31.8 Å². The van der Waals surface area contributed by atoms with E-state index >= 15 is 0 Å². The summed E-state index contributed by atoms with van der Waals surface area (Å²) in [5.74, 6) is -2.38. The molecular weight excluding hydrogens is 478 g/mol. The van der Waals surface area contributed by atoms with Gasteiger partial charge in [-0.05, 0) is 43.4 Å². The van der Waals surface area contributed by atoms with Gasteiger partial charge in [-0.3, -0.25) is 19.2 Å². The molecule has 1 heterocycles. The van der Waals surface area contributed by atoms with Gasteiger partial charge in [0.25, 0.3) is 0 Å². The lowest BCUT2D eigenvalue weighted by atomic mass is 10.0. The van der Waals surface area contributed by atoms with Crippen LogP contribution >= 0.6 is 24.4 Å². The van der Waals surface area contributed by atoms with E-state index < -0.39 is 47.9 Å². The minimum atomic E-state index is -1.19. The molecule has 3 amide bonds. The Labute approximate surface area is 207 Å². The fraction of sp³-hybridized carbons (Fsp3) is 0.455. The van der Waals surface area contributed by atoms with Crippen molar-refractivity contribution in [3.63, 3.8) is 0 Å². The number of thioether (sulfide) groups is 1. The summed E-state index contributed by atoms with van der Waals surface area (Å²) in [6.07, 6.45) is 4.21. The monoisotopic (exact) mass is 509 g/mol. The van der Waals surface area contributed by atoms with Crippen LogP contribution in [0.4, 0.5) is 0 Å². The number of carboxylic acids is 1. The summed E-state index contributed by atoms with van der Waals surface area (Å²) in [5, 5.41) is 17.5. The molecule has 12 heteroatoms. The van der Waals surface area contributed by atoms with E-state index in [1.54, 1.807) is 6.20 Å². The first-order valence-electron chi connectivity index (χ1n) is 10.7. The number of H-pyrrole nitrogens is 1. The number of aliphatic carboxylic acids is 1. The molecule has 0 aliphatic rings. The summed E-state index contributed by atoms with van der Waals surface area (Å²) in [6.45, 7) is 1.33. The van der Waals surface area contributed by atoms with E-state index in [-0.39, 0.29) is 12.2 Å². The van der Waals surface area contributed by atoms with Crippen molar-refractivity contribution in [2.45, 2.75) is 43.9 Å². The van der Waals surface area contributed by atoms with E-state index in [0.717, 1.165) is 16.5 Å². The summed E-state index contributed by atoms with van der Waals surface area (Å²) >= 11 is 5.64. The second-order valence-electron chi connectivity index (χ2n) is 7.83. The summed E-state index contributed by atoms with van der Waals surface area (Å²) in [6, 6.07) is 3.67. The van der Waals surface area contributed by atoms with E-state index in [1.165, 1.54) is 18.7 Å². The molecule has 0 aliphatic carbocycles. The highest BCUT2D eigenvalue weighted by molar-refractivity contribution is 7.98. The highest BCUT2D eigenvalue weighted by Crippen LogP contribution is 2.18. The van der Waals surface area contributed by atoms with Crippen LogP contribution in [0.25, 0.3) is 10.9 Å². The van der Waals surface area contributed by atoms with E-state index in [1.807, 2.05) is 30.5 Å². The fourth-order valence-corrected chi connectivity index (χ4v) is 3.98. The number of amides is 3. The van der Waals surface area contributed by atoms with Crippen LogP contribution in [0.5, 0.6) is 0 Å². The van der Waals surface area contributed by atoms with Gasteiger partial charge in [0.05, 0.1) is 6.04 Å². The highest BCUT2D eigenvalue weighted by Gasteiger charge is 2.28. The Hall–Kier alpha value is -2.70. The number of hydrogen-bond donors (Lipinski definition) is 7. The molecule has 4 unspecified atom stereocenters. The quantitative estimate of drug-likeness (QED) is 0.190. The van der Waals surface area contributed by atoms with Crippen LogP contribution in [0, 0.1) is 0 Å². The lowest BCUT2D eigenvalue weighted by molar-refractivity contribution is -0.141. The van der Waals surface area contributed by atoms with Gasteiger partial charge in [-0.2, -0.15) is 24.4 Å². The van der Waals surface area contributed by atoms with Crippen LogP contribution in [0.3, 0.4) is 0 Å². The first kappa shape index (κ1) is 27.5. The van der Waals surface area contributed by atoms with E-state index in [9.17, 15) is 19.2 Å². The fourth-order valence-electron chi connectivity index (χ4n) is 3.26. The minimum Gasteiger partial charge on any atom is -0.480 e. The molecule has 0 saturated carbocycles. The number of thiol groups is 1. The molecule has 4 atom stereocenters.